The van der Waals surface area contributed by atoms with Gasteiger partial charge in [0.1, 0.15) is 0 Å². The normalized spacial score (nSPS) is 16.6. The van der Waals surface area contributed by atoms with Gasteiger partial charge in [-0.3, -0.25) is 0 Å². The second-order valence-electron chi connectivity index (χ2n) is 5.52. The zero-order chi connectivity index (χ0) is 13.8. The molecule has 0 unspecified atom stereocenters. The van der Waals surface area contributed by atoms with Crippen molar-refractivity contribution in [3.05, 3.63) is 29.3 Å². The van der Waals surface area contributed by atoms with Gasteiger partial charge in [0.15, 0.2) is 0 Å². The molecule has 0 saturated carbocycles. The maximum absolute atomic E-state index is 11.0. The number of aromatic carboxylic acids is 1. The van der Waals surface area contributed by atoms with Crippen LogP contribution in [0.4, 0.5) is 5.69 Å². The van der Waals surface area contributed by atoms with Crippen molar-refractivity contribution in [2.24, 2.45) is 5.92 Å². The Morgan fingerprint density at radius 3 is 2.58 bits per heavy atom. The lowest BCUT2D eigenvalue weighted by Gasteiger charge is -2.33. The lowest BCUT2D eigenvalue weighted by Crippen LogP contribution is -2.33. The second kappa shape index (κ2) is 6.09. The molecule has 0 atom stereocenters. The molecule has 1 saturated heterocycles. The van der Waals surface area contributed by atoms with Crippen LogP contribution in [-0.4, -0.2) is 24.2 Å². The van der Waals surface area contributed by atoms with Gasteiger partial charge < -0.3 is 10.0 Å². The molecular formula is C16H23NO2. The van der Waals surface area contributed by atoms with E-state index < -0.39 is 5.97 Å². The summed E-state index contributed by atoms with van der Waals surface area (Å²) in [5, 5.41) is 9.05. The molecule has 0 amide bonds. The fourth-order valence-electron chi connectivity index (χ4n) is 2.97. The zero-order valence-corrected chi connectivity index (χ0v) is 11.9. The van der Waals surface area contributed by atoms with Gasteiger partial charge in [-0.05, 0) is 49.4 Å². The summed E-state index contributed by atoms with van der Waals surface area (Å²) in [5.41, 5.74) is 2.42. The number of aryl methyl sites for hydroxylation is 1. The monoisotopic (exact) mass is 261 g/mol. The Kier molecular flexibility index (Phi) is 4.46. The summed E-state index contributed by atoms with van der Waals surface area (Å²) in [4.78, 5) is 13.4. The van der Waals surface area contributed by atoms with E-state index in [1.54, 1.807) is 6.07 Å². The van der Waals surface area contributed by atoms with E-state index in [1.807, 2.05) is 19.1 Å². The van der Waals surface area contributed by atoms with E-state index in [0.717, 1.165) is 30.3 Å². The number of benzene rings is 1. The minimum atomic E-state index is -0.842. The van der Waals surface area contributed by atoms with E-state index in [1.165, 1.54) is 25.7 Å². The lowest BCUT2D eigenvalue weighted by molar-refractivity contribution is 0.0696. The predicted molar refractivity (Wildman–Crippen MR) is 78.0 cm³/mol. The standard InChI is InChI=1S/C16H23NO2/c1-3-4-13-7-9-17(10-8-13)14-5-6-15(16(18)19)12(2)11-14/h5-6,11,13H,3-4,7-10H2,1-2H3,(H,18,19). The highest BCUT2D eigenvalue weighted by molar-refractivity contribution is 5.89. The first-order valence-corrected chi connectivity index (χ1v) is 7.20. The number of rotatable bonds is 4. The van der Waals surface area contributed by atoms with Crippen LogP contribution in [-0.2, 0) is 0 Å². The van der Waals surface area contributed by atoms with Crippen LogP contribution in [0.3, 0.4) is 0 Å². The Balaban J connectivity index is 2.04. The number of anilines is 1. The molecule has 3 heteroatoms. The number of piperidine rings is 1. The maximum atomic E-state index is 11.0. The van der Waals surface area contributed by atoms with E-state index in [0.29, 0.717) is 5.56 Å². The first-order valence-electron chi connectivity index (χ1n) is 7.20. The lowest BCUT2D eigenvalue weighted by atomic mass is 9.92. The van der Waals surface area contributed by atoms with Crippen molar-refractivity contribution in [1.82, 2.24) is 0 Å². The van der Waals surface area contributed by atoms with Gasteiger partial charge in [-0.25, -0.2) is 4.79 Å². The van der Waals surface area contributed by atoms with E-state index in [-0.39, 0.29) is 0 Å². The van der Waals surface area contributed by atoms with E-state index in [2.05, 4.69) is 11.8 Å². The van der Waals surface area contributed by atoms with E-state index in [9.17, 15) is 4.79 Å². The first kappa shape index (κ1) is 13.9. The molecule has 1 fully saturated rings. The summed E-state index contributed by atoms with van der Waals surface area (Å²) >= 11 is 0. The van der Waals surface area contributed by atoms with Gasteiger partial charge in [0.05, 0.1) is 5.56 Å². The van der Waals surface area contributed by atoms with Gasteiger partial charge >= 0.3 is 5.97 Å². The molecule has 104 valence electrons. The fraction of sp³-hybridized carbons (Fsp3) is 0.562. The van der Waals surface area contributed by atoms with Crippen LogP contribution in [0.25, 0.3) is 0 Å². The highest BCUT2D eigenvalue weighted by Crippen LogP contribution is 2.27. The van der Waals surface area contributed by atoms with Crippen molar-refractivity contribution >= 4 is 11.7 Å². The Morgan fingerprint density at radius 1 is 1.37 bits per heavy atom. The van der Waals surface area contributed by atoms with Crippen LogP contribution in [0.1, 0.15) is 48.5 Å². The SMILES string of the molecule is CCCC1CCN(c2ccc(C(=O)O)c(C)c2)CC1. The third-order valence-corrected chi connectivity index (χ3v) is 4.12. The minimum Gasteiger partial charge on any atom is -0.478 e. The number of hydrogen-bond acceptors (Lipinski definition) is 2. The molecular weight excluding hydrogens is 238 g/mol. The molecule has 0 spiro atoms. The molecule has 0 radical (unpaired) electrons. The van der Waals surface area contributed by atoms with Crippen LogP contribution in [0.2, 0.25) is 0 Å². The van der Waals surface area contributed by atoms with Crippen LogP contribution in [0, 0.1) is 12.8 Å². The molecule has 3 nitrogen and oxygen atoms in total. The summed E-state index contributed by atoms with van der Waals surface area (Å²) in [5.74, 6) is 0.0337. The van der Waals surface area contributed by atoms with Gasteiger partial charge in [0.25, 0.3) is 0 Å². The average molecular weight is 261 g/mol. The van der Waals surface area contributed by atoms with Crippen LogP contribution < -0.4 is 4.90 Å². The number of hydrogen-bond donors (Lipinski definition) is 1. The Bertz CT molecular complexity index is 448. The van der Waals surface area contributed by atoms with Crippen molar-refractivity contribution in [2.75, 3.05) is 18.0 Å². The average Bonchev–Trinajstić information content (AvgIpc) is 2.39. The molecule has 1 aromatic rings. The quantitative estimate of drug-likeness (QED) is 0.898. The van der Waals surface area contributed by atoms with Crippen molar-refractivity contribution in [2.45, 2.75) is 39.5 Å². The minimum absolute atomic E-state index is 0.407. The molecule has 0 aliphatic carbocycles. The molecule has 2 rings (SSSR count). The molecule has 1 aromatic carbocycles. The summed E-state index contributed by atoms with van der Waals surface area (Å²) in [6.45, 7) is 6.31. The van der Waals surface area contributed by atoms with E-state index >= 15 is 0 Å². The van der Waals surface area contributed by atoms with Crippen molar-refractivity contribution in [3.63, 3.8) is 0 Å². The molecule has 0 bridgehead atoms. The molecule has 19 heavy (non-hydrogen) atoms. The van der Waals surface area contributed by atoms with Crippen LogP contribution >= 0.6 is 0 Å². The topological polar surface area (TPSA) is 40.5 Å². The first-order chi connectivity index (χ1) is 9.11. The molecule has 1 aliphatic rings. The third-order valence-electron chi connectivity index (χ3n) is 4.12. The number of carboxylic acid groups (broad SMARTS) is 1. The third kappa shape index (κ3) is 3.28. The Labute approximate surface area is 115 Å². The fourth-order valence-corrected chi connectivity index (χ4v) is 2.97. The van der Waals surface area contributed by atoms with Crippen LogP contribution in [0.15, 0.2) is 18.2 Å². The zero-order valence-electron chi connectivity index (χ0n) is 11.9. The van der Waals surface area contributed by atoms with Gasteiger partial charge in [-0.15, -0.1) is 0 Å². The number of carboxylic acids is 1. The largest absolute Gasteiger partial charge is 0.478 e. The smallest absolute Gasteiger partial charge is 0.335 e. The van der Waals surface area contributed by atoms with Crippen LogP contribution in [0.5, 0.6) is 0 Å². The highest BCUT2D eigenvalue weighted by atomic mass is 16.4. The Morgan fingerprint density at radius 2 is 2.05 bits per heavy atom. The Hall–Kier alpha value is -1.51. The highest BCUT2D eigenvalue weighted by Gasteiger charge is 2.19. The van der Waals surface area contributed by atoms with Gasteiger partial charge in [0, 0.05) is 18.8 Å². The predicted octanol–water partition coefficient (Wildman–Crippen LogP) is 3.71. The number of carbonyl (C=O) groups is 1. The summed E-state index contributed by atoms with van der Waals surface area (Å²) in [6.07, 6.45) is 5.13. The van der Waals surface area contributed by atoms with Gasteiger partial charge in [-0.1, -0.05) is 19.8 Å². The molecule has 1 N–H and O–H groups in total. The second-order valence-corrected chi connectivity index (χ2v) is 5.52. The molecule has 0 aromatic heterocycles. The van der Waals surface area contributed by atoms with Gasteiger partial charge in [0.2, 0.25) is 0 Å². The van der Waals surface area contributed by atoms with E-state index in [4.69, 9.17) is 5.11 Å². The number of nitrogens with zero attached hydrogens (tertiary/aromatic N) is 1. The summed E-state index contributed by atoms with van der Waals surface area (Å²) in [7, 11) is 0. The van der Waals surface area contributed by atoms with Gasteiger partial charge in [-0.2, -0.15) is 0 Å². The summed E-state index contributed by atoms with van der Waals surface area (Å²) in [6, 6.07) is 5.67. The molecule has 1 heterocycles. The van der Waals surface area contributed by atoms with Crippen molar-refractivity contribution in [3.8, 4) is 0 Å². The van der Waals surface area contributed by atoms with Crippen molar-refractivity contribution < 1.29 is 9.90 Å². The maximum Gasteiger partial charge on any atom is 0.335 e. The summed E-state index contributed by atoms with van der Waals surface area (Å²) < 4.78 is 0. The van der Waals surface area contributed by atoms with Crippen molar-refractivity contribution in [1.29, 1.82) is 0 Å². The molecule has 1 aliphatic heterocycles.